The molecule has 0 saturated carbocycles. The number of hydrogen-bond acceptors (Lipinski definition) is 3. The second-order valence-electron chi connectivity index (χ2n) is 5.43. The van der Waals surface area contributed by atoms with Crippen molar-refractivity contribution in [3.8, 4) is 5.75 Å². The van der Waals surface area contributed by atoms with Gasteiger partial charge in [0.1, 0.15) is 17.4 Å². The quantitative estimate of drug-likeness (QED) is 0.753. The lowest BCUT2D eigenvalue weighted by atomic mass is 10.3. The van der Waals surface area contributed by atoms with Crippen LogP contribution >= 0.6 is 0 Å². The number of likely N-dealkylation sites (N-methyl/N-ethyl adjacent to an activating group) is 1. The second kappa shape index (κ2) is 8.98. The molecule has 0 unspecified atom stereocenters. The Hall–Kier alpha value is -2.47. The third kappa shape index (κ3) is 5.96. The Kier molecular flexibility index (Phi) is 6.69. The summed E-state index contributed by atoms with van der Waals surface area (Å²) in [6, 6.07) is 12.5. The molecular weight excluding hydrogens is 314 g/mol. The van der Waals surface area contributed by atoms with Gasteiger partial charge in [-0.15, -0.1) is 0 Å². The summed E-state index contributed by atoms with van der Waals surface area (Å²) in [6.07, 6.45) is 0.754. The monoisotopic (exact) mass is 334 g/mol. The minimum Gasteiger partial charge on any atom is -0.494 e. The lowest BCUT2D eigenvalue weighted by molar-refractivity contribution is -0.117. The van der Waals surface area contributed by atoms with Gasteiger partial charge >= 0.3 is 0 Å². The molecule has 0 aliphatic carbocycles. The van der Waals surface area contributed by atoms with E-state index in [1.807, 2.05) is 35.2 Å². The summed E-state index contributed by atoms with van der Waals surface area (Å²) in [5, 5.41) is 2.43. The van der Waals surface area contributed by atoms with Crippen molar-refractivity contribution in [2.45, 2.75) is 6.42 Å². The standard InChI is InChI=1S/C18H20F2N2O2/c1-22(10-5-11-24-15-6-3-2-4-7-15)13-18(23)21-17-9-8-14(19)12-16(17)20/h2-4,6-9,12H,5,10-11,13H2,1H3,(H,21,23). The molecule has 0 fully saturated rings. The summed E-state index contributed by atoms with van der Waals surface area (Å²) in [7, 11) is 1.79. The van der Waals surface area contributed by atoms with Gasteiger partial charge in [-0.2, -0.15) is 0 Å². The first kappa shape index (κ1) is 17.9. The molecule has 128 valence electrons. The lowest BCUT2D eigenvalue weighted by Crippen LogP contribution is -2.31. The van der Waals surface area contributed by atoms with E-state index in [4.69, 9.17) is 4.74 Å². The van der Waals surface area contributed by atoms with Crippen molar-refractivity contribution in [1.82, 2.24) is 4.90 Å². The SMILES string of the molecule is CN(CCCOc1ccccc1)CC(=O)Nc1ccc(F)cc1F. The zero-order valence-electron chi connectivity index (χ0n) is 13.5. The fraction of sp³-hybridized carbons (Fsp3) is 0.278. The number of amides is 1. The van der Waals surface area contributed by atoms with Crippen molar-refractivity contribution in [2.24, 2.45) is 0 Å². The van der Waals surface area contributed by atoms with E-state index in [9.17, 15) is 13.6 Å². The maximum atomic E-state index is 13.5. The fourth-order valence-electron chi connectivity index (χ4n) is 2.15. The van der Waals surface area contributed by atoms with Crippen molar-refractivity contribution in [3.63, 3.8) is 0 Å². The van der Waals surface area contributed by atoms with E-state index in [1.165, 1.54) is 6.07 Å². The molecular formula is C18H20F2N2O2. The predicted molar refractivity (Wildman–Crippen MR) is 89.0 cm³/mol. The maximum absolute atomic E-state index is 13.5. The van der Waals surface area contributed by atoms with Gasteiger partial charge in [-0.25, -0.2) is 8.78 Å². The molecule has 0 aliphatic heterocycles. The summed E-state index contributed by atoms with van der Waals surface area (Å²) in [4.78, 5) is 13.7. The highest BCUT2D eigenvalue weighted by Gasteiger charge is 2.10. The van der Waals surface area contributed by atoms with E-state index in [1.54, 1.807) is 7.05 Å². The number of hydrogen-bond donors (Lipinski definition) is 1. The average Bonchev–Trinajstić information content (AvgIpc) is 2.55. The van der Waals surface area contributed by atoms with Crippen LogP contribution in [0.4, 0.5) is 14.5 Å². The van der Waals surface area contributed by atoms with Crippen molar-refractivity contribution < 1.29 is 18.3 Å². The zero-order chi connectivity index (χ0) is 17.4. The number of carbonyl (C=O) groups excluding carboxylic acids is 1. The summed E-state index contributed by atoms with van der Waals surface area (Å²) < 4.78 is 31.9. The second-order valence-corrected chi connectivity index (χ2v) is 5.43. The first-order chi connectivity index (χ1) is 11.5. The van der Waals surface area contributed by atoms with Crippen LogP contribution in [0.3, 0.4) is 0 Å². The van der Waals surface area contributed by atoms with E-state index in [2.05, 4.69) is 5.32 Å². The molecule has 2 aromatic carbocycles. The van der Waals surface area contributed by atoms with Gasteiger partial charge in [0.15, 0.2) is 0 Å². The number of anilines is 1. The molecule has 24 heavy (non-hydrogen) atoms. The highest BCUT2D eigenvalue weighted by atomic mass is 19.1. The molecule has 2 aromatic rings. The Morgan fingerprint density at radius 1 is 1.17 bits per heavy atom. The fourth-order valence-corrected chi connectivity index (χ4v) is 2.15. The first-order valence-electron chi connectivity index (χ1n) is 7.66. The smallest absolute Gasteiger partial charge is 0.238 e. The van der Waals surface area contributed by atoms with Gasteiger partial charge < -0.3 is 10.1 Å². The Morgan fingerprint density at radius 3 is 2.62 bits per heavy atom. The van der Waals surface area contributed by atoms with Crippen LogP contribution in [0.1, 0.15) is 6.42 Å². The summed E-state index contributed by atoms with van der Waals surface area (Å²) in [5.41, 5.74) is -0.0257. The Bertz CT molecular complexity index is 665. The Balaban J connectivity index is 1.68. The lowest BCUT2D eigenvalue weighted by Gasteiger charge is -2.16. The molecule has 4 nitrogen and oxygen atoms in total. The van der Waals surface area contributed by atoms with Gasteiger partial charge in [0.25, 0.3) is 0 Å². The predicted octanol–water partition coefficient (Wildman–Crippen LogP) is 3.30. The van der Waals surface area contributed by atoms with E-state index >= 15 is 0 Å². The maximum Gasteiger partial charge on any atom is 0.238 e. The number of nitrogens with zero attached hydrogens (tertiary/aromatic N) is 1. The van der Waals surface area contributed by atoms with Crippen molar-refractivity contribution in [2.75, 3.05) is 32.1 Å². The largest absolute Gasteiger partial charge is 0.494 e. The zero-order valence-corrected chi connectivity index (χ0v) is 13.5. The van der Waals surface area contributed by atoms with Crippen LogP contribution in [0, 0.1) is 11.6 Å². The molecule has 0 bridgehead atoms. The number of ether oxygens (including phenoxy) is 1. The van der Waals surface area contributed by atoms with Crippen LogP contribution in [0.2, 0.25) is 0 Å². The summed E-state index contributed by atoms with van der Waals surface area (Å²) in [5.74, 6) is -1.01. The highest BCUT2D eigenvalue weighted by Crippen LogP contribution is 2.14. The van der Waals surface area contributed by atoms with Gasteiger partial charge in [-0.05, 0) is 37.7 Å². The minimum absolute atomic E-state index is 0.0257. The molecule has 6 heteroatoms. The van der Waals surface area contributed by atoms with Crippen molar-refractivity contribution >= 4 is 11.6 Å². The average molecular weight is 334 g/mol. The van der Waals surface area contributed by atoms with Crippen molar-refractivity contribution in [3.05, 3.63) is 60.2 Å². The van der Waals surface area contributed by atoms with Gasteiger partial charge in [-0.1, -0.05) is 18.2 Å². The molecule has 0 spiro atoms. The summed E-state index contributed by atoms with van der Waals surface area (Å²) >= 11 is 0. The van der Waals surface area contributed by atoms with Crippen LogP contribution < -0.4 is 10.1 Å². The number of halogens is 2. The van der Waals surface area contributed by atoms with Crippen LogP contribution in [-0.2, 0) is 4.79 Å². The third-order valence-corrected chi connectivity index (χ3v) is 3.31. The van der Waals surface area contributed by atoms with Gasteiger partial charge in [0, 0.05) is 12.6 Å². The van der Waals surface area contributed by atoms with Crippen molar-refractivity contribution in [1.29, 1.82) is 0 Å². The van der Waals surface area contributed by atoms with E-state index in [0.717, 1.165) is 24.3 Å². The third-order valence-electron chi connectivity index (χ3n) is 3.31. The molecule has 0 atom stereocenters. The molecule has 2 rings (SSSR count). The molecule has 0 aliphatic rings. The topological polar surface area (TPSA) is 41.6 Å². The van der Waals surface area contributed by atoms with E-state index < -0.39 is 11.6 Å². The van der Waals surface area contributed by atoms with Crippen LogP contribution in [0.15, 0.2) is 48.5 Å². The minimum atomic E-state index is -0.790. The van der Waals surface area contributed by atoms with Gasteiger partial charge in [-0.3, -0.25) is 9.69 Å². The normalized spacial score (nSPS) is 10.7. The molecule has 1 amide bonds. The van der Waals surface area contributed by atoms with Crippen LogP contribution in [0.25, 0.3) is 0 Å². The number of rotatable bonds is 8. The van der Waals surface area contributed by atoms with Crippen LogP contribution in [0.5, 0.6) is 5.75 Å². The first-order valence-corrected chi connectivity index (χ1v) is 7.66. The number of nitrogens with one attached hydrogen (secondary N) is 1. The molecule has 0 radical (unpaired) electrons. The van der Waals surface area contributed by atoms with Gasteiger partial charge in [0.2, 0.25) is 5.91 Å². The Labute approximate surface area is 140 Å². The molecule has 0 heterocycles. The number of benzene rings is 2. The van der Waals surface area contributed by atoms with Gasteiger partial charge in [0.05, 0.1) is 18.8 Å². The van der Waals surface area contributed by atoms with E-state index in [-0.39, 0.29) is 18.1 Å². The summed E-state index contributed by atoms with van der Waals surface area (Å²) in [6.45, 7) is 1.32. The van der Waals surface area contributed by atoms with Crippen LogP contribution in [-0.4, -0.2) is 37.6 Å². The van der Waals surface area contributed by atoms with E-state index in [0.29, 0.717) is 13.2 Å². The molecule has 0 aromatic heterocycles. The number of para-hydroxylation sites is 1. The number of carbonyl (C=O) groups is 1. The highest BCUT2D eigenvalue weighted by molar-refractivity contribution is 5.92. The molecule has 0 saturated heterocycles. The Morgan fingerprint density at radius 2 is 1.92 bits per heavy atom. The molecule has 1 N–H and O–H groups in total.